The standard InChI is InChI=1S/C17H27NO/c1-3-5-6-14-7-9-16(10-8-14)19-17-12-15(13-17)18-11-4-2/h7-10,15,17-18H,3-6,11-13H2,1-2H3. The molecule has 2 nitrogen and oxygen atoms in total. The number of hydrogen-bond acceptors (Lipinski definition) is 2. The molecular weight excluding hydrogens is 234 g/mol. The van der Waals surface area contributed by atoms with Gasteiger partial charge in [0.15, 0.2) is 0 Å². The number of rotatable bonds is 8. The van der Waals surface area contributed by atoms with Crippen molar-refractivity contribution in [3.05, 3.63) is 29.8 Å². The molecule has 0 bridgehead atoms. The molecule has 0 unspecified atom stereocenters. The van der Waals surface area contributed by atoms with E-state index in [2.05, 4.69) is 43.4 Å². The van der Waals surface area contributed by atoms with Gasteiger partial charge in [-0.1, -0.05) is 32.4 Å². The molecule has 1 aliphatic rings. The zero-order valence-electron chi connectivity index (χ0n) is 12.3. The molecule has 0 atom stereocenters. The first-order valence-corrected chi connectivity index (χ1v) is 7.80. The third kappa shape index (κ3) is 4.54. The van der Waals surface area contributed by atoms with Gasteiger partial charge in [-0.3, -0.25) is 0 Å². The van der Waals surface area contributed by atoms with Gasteiger partial charge in [-0.25, -0.2) is 0 Å². The highest BCUT2D eigenvalue weighted by Gasteiger charge is 2.29. The topological polar surface area (TPSA) is 21.3 Å². The third-order valence-electron chi connectivity index (χ3n) is 3.82. The van der Waals surface area contributed by atoms with Gasteiger partial charge in [-0.15, -0.1) is 0 Å². The summed E-state index contributed by atoms with van der Waals surface area (Å²) < 4.78 is 5.98. The molecule has 19 heavy (non-hydrogen) atoms. The number of hydrogen-bond donors (Lipinski definition) is 1. The lowest BCUT2D eigenvalue weighted by Crippen LogP contribution is -2.46. The number of ether oxygens (including phenoxy) is 1. The first kappa shape index (κ1) is 14.4. The molecule has 1 aromatic rings. The molecule has 0 amide bonds. The maximum Gasteiger partial charge on any atom is 0.119 e. The number of nitrogens with one attached hydrogen (secondary N) is 1. The number of aryl methyl sites for hydroxylation is 1. The van der Waals surface area contributed by atoms with E-state index in [1.54, 1.807) is 0 Å². The average Bonchev–Trinajstić information content (AvgIpc) is 2.40. The van der Waals surface area contributed by atoms with Gasteiger partial charge in [0.05, 0.1) is 0 Å². The van der Waals surface area contributed by atoms with Crippen molar-refractivity contribution >= 4 is 0 Å². The smallest absolute Gasteiger partial charge is 0.119 e. The minimum Gasteiger partial charge on any atom is -0.490 e. The monoisotopic (exact) mass is 261 g/mol. The van der Waals surface area contributed by atoms with Gasteiger partial charge in [0.2, 0.25) is 0 Å². The molecule has 0 heterocycles. The number of unbranched alkanes of at least 4 members (excludes halogenated alkanes) is 1. The molecule has 1 aliphatic carbocycles. The summed E-state index contributed by atoms with van der Waals surface area (Å²) in [6.07, 6.45) is 7.63. The largest absolute Gasteiger partial charge is 0.490 e. The van der Waals surface area contributed by atoms with Gasteiger partial charge in [0.1, 0.15) is 11.9 Å². The maximum absolute atomic E-state index is 5.98. The van der Waals surface area contributed by atoms with Crippen LogP contribution in [0, 0.1) is 0 Å². The highest BCUT2D eigenvalue weighted by molar-refractivity contribution is 5.27. The van der Waals surface area contributed by atoms with Crippen LogP contribution in [0.1, 0.15) is 51.5 Å². The summed E-state index contributed by atoms with van der Waals surface area (Å²) in [4.78, 5) is 0. The van der Waals surface area contributed by atoms with Crippen molar-refractivity contribution in [3.8, 4) is 5.75 Å². The van der Waals surface area contributed by atoms with Crippen LogP contribution in [0.15, 0.2) is 24.3 Å². The normalized spacial score (nSPS) is 22.0. The molecule has 106 valence electrons. The Balaban J connectivity index is 1.69. The Morgan fingerprint density at radius 1 is 1.11 bits per heavy atom. The summed E-state index contributed by atoms with van der Waals surface area (Å²) in [5.41, 5.74) is 1.42. The second kappa shape index (κ2) is 7.54. The van der Waals surface area contributed by atoms with Gasteiger partial charge in [-0.05, 0) is 56.3 Å². The third-order valence-corrected chi connectivity index (χ3v) is 3.82. The summed E-state index contributed by atoms with van der Waals surface area (Å²) in [5, 5.41) is 3.54. The predicted molar refractivity (Wildman–Crippen MR) is 80.8 cm³/mol. The Morgan fingerprint density at radius 2 is 1.84 bits per heavy atom. The van der Waals surface area contributed by atoms with Crippen molar-refractivity contribution in [2.75, 3.05) is 6.54 Å². The van der Waals surface area contributed by atoms with E-state index >= 15 is 0 Å². The zero-order valence-corrected chi connectivity index (χ0v) is 12.3. The van der Waals surface area contributed by atoms with Crippen molar-refractivity contribution in [1.82, 2.24) is 5.32 Å². The van der Waals surface area contributed by atoms with Gasteiger partial charge in [0, 0.05) is 6.04 Å². The van der Waals surface area contributed by atoms with Crippen LogP contribution in [0.3, 0.4) is 0 Å². The Morgan fingerprint density at radius 3 is 2.47 bits per heavy atom. The fraction of sp³-hybridized carbons (Fsp3) is 0.647. The second-order valence-corrected chi connectivity index (χ2v) is 5.61. The Labute approximate surface area is 117 Å². The molecule has 2 rings (SSSR count). The molecule has 1 N–H and O–H groups in total. The van der Waals surface area contributed by atoms with E-state index in [1.807, 2.05) is 0 Å². The predicted octanol–water partition coefficient (Wildman–Crippen LogP) is 3.94. The average molecular weight is 261 g/mol. The van der Waals surface area contributed by atoms with E-state index in [-0.39, 0.29) is 0 Å². The molecule has 0 radical (unpaired) electrons. The van der Waals surface area contributed by atoms with Crippen molar-refractivity contribution in [2.24, 2.45) is 0 Å². The lowest BCUT2D eigenvalue weighted by molar-refractivity contribution is 0.0852. The van der Waals surface area contributed by atoms with Crippen LogP contribution in [-0.2, 0) is 6.42 Å². The first-order chi connectivity index (χ1) is 9.31. The van der Waals surface area contributed by atoms with E-state index in [1.165, 1.54) is 31.2 Å². The molecule has 0 aliphatic heterocycles. The van der Waals surface area contributed by atoms with Crippen molar-refractivity contribution in [1.29, 1.82) is 0 Å². The molecule has 1 aromatic carbocycles. The van der Waals surface area contributed by atoms with E-state index in [4.69, 9.17) is 4.74 Å². The van der Waals surface area contributed by atoms with E-state index < -0.39 is 0 Å². The van der Waals surface area contributed by atoms with Gasteiger partial charge >= 0.3 is 0 Å². The van der Waals surface area contributed by atoms with Crippen LogP contribution in [-0.4, -0.2) is 18.7 Å². The van der Waals surface area contributed by atoms with Gasteiger partial charge in [0.25, 0.3) is 0 Å². The minimum atomic E-state index is 0.413. The van der Waals surface area contributed by atoms with Crippen LogP contribution in [0.4, 0.5) is 0 Å². The summed E-state index contributed by atoms with van der Waals surface area (Å²) in [6, 6.07) is 9.33. The maximum atomic E-state index is 5.98. The summed E-state index contributed by atoms with van der Waals surface area (Å²) >= 11 is 0. The minimum absolute atomic E-state index is 0.413. The van der Waals surface area contributed by atoms with Gasteiger partial charge in [-0.2, -0.15) is 0 Å². The molecule has 2 heteroatoms. The van der Waals surface area contributed by atoms with Crippen LogP contribution >= 0.6 is 0 Å². The SMILES string of the molecule is CCCCc1ccc(OC2CC(NCCC)C2)cc1. The summed E-state index contributed by atoms with van der Waals surface area (Å²) in [7, 11) is 0. The second-order valence-electron chi connectivity index (χ2n) is 5.61. The quantitative estimate of drug-likeness (QED) is 0.765. The van der Waals surface area contributed by atoms with Crippen LogP contribution < -0.4 is 10.1 Å². The van der Waals surface area contributed by atoms with E-state index in [9.17, 15) is 0 Å². The highest BCUT2D eigenvalue weighted by Crippen LogP contribution is 2.26. The molecule has 0 saturated heterocycles. The Kier molecular flexibility index (Phi) is 5.71. The van der Waals surface area contributed by atoms with Crippen LogP contribution in [0.5, 0.6) is 5.75 Å². The number of benzene rings is 1. The fourth-order valence-corrected chi connectivity index (χ4v) is 2.49. The fourth-order valence-electron chi connectivity index (χ4n) is 2.49. The molecular formula is C17H27NO. The zero-order chi connectivity index (χ0) is 13.5. The molecule has 0 spiro atoms. The lowest BCUT2D eigenvalue weighted by Gasteiger charge is -2.36. The Bertz CT molecular complexity index is 354. The lowest BCUT2D eigenvalue weighted by atomic mass is 9.89. The van der Waals surface area contributed by atoms with E-state index in [0.717, 1.165) is 25.1 Å². The molecule has 1 fully saturated rings. The van der Waals surface area contributed by atoms with Crippen LogP contribution in [0.25, 0.3) is 0 Å². The Hall–Kier alpha value is -1.02. The first-order valence-electron chi connectivity index (χ1n) is 7.80. The van der Waals surface area contributed by atoms with Gasteiger partial charge < -0.3 is 10.1 Å². The highest BCUT2D eigenvalue weighted by atomic mass is 16.5. The van der Waals surface area contributed by atoms with E-state index in [0.29, 0.717) is 12.1 Å². The summed E-state index contributed by atoms with van der Waals surface area (Å²) in [5.74, 6) is 1.03. The molecule has 1 saturated carbocycles. The van der Waals surface area contributed by atoms with Crippen LogP contribution in [0.2, 0.25) is 0 Å². The molecule has 0 aromatic heterocycles. The van der Waals surface area contributed by atoms with Crippen molar-refractivity contribution in [3.63, 3.8) is 0 Å². The van der Waals surface area contributed by atoms with Crippen molar-refractivity contribution in [2.45, 2.75) is 64.5 Å². The summed E-state index contributed by atoms with van der Waals surface area (Å²) in [6.45, 7) is 5.57. The van der Waals surface area contributed by atoms with Crippen molar-refractivity contribution < 1.29 is 4.74 Å².